The summed E-state index contributed by atoms with van der Waals surface area (Å²) in [7, 11) is 1.57. The van der Waals surface area contributed by atoms with Crippen molar-refractivity contribution in [3.05, 3.63) is 88.0 Å². The zero-order valence-electron chi connectivity index (χ0n) is 20.3. The number of nitrogens with zero attached hydrogens (tertiary/aromatic N) is 5. The van der Waals surface area contributed by atoms with Crippen molar-refractivity contribution in [3.8, 4) is 5.75 Å². The number of aliphatic imine (C=N–C) groups is 1. The van der Waals surface area contributed by atoms with E-state index in [1.807, 2.05) is 11.0 Å². The molecular weight excluding hydrogens is 457 g/mol. The van der Waals surface area contributed by atoms with E-state index < -0.39 is 0 Å². The second-order valence-electron chi connectivity index (χ2n) is 9.72. The highest BCUT2D eigenvalue weighted by atomic mass is 19.1. The average Bonchev–Trinajstić information content (AvgIpc) is 3.31. The van der Waals surface area contributed by atoms with E-state index >= 15 is 0 Å². The van der Waals surface area contributed by atoms with E-state index in [2.05, 4.69) is 27.2 Å². The molecule has 1 fully saturated rings. The van der Waals surface area contributed by atoms with Crippen molar-refractivity contribution in [1.29, 1.82) is 0 Å². The van der Waals surface area contributed by atoms with Crippen LogP contribution in [0.5, 0.6) is 5.75 Å². The SMILES string of the molecule is COc1cccc(F)c1CN1CCC[C@@H](N2Cc3cc4c(cc3CC2=O)CN=C4c2ccnnc2)C1. The second-order valence-corrected chi connectivity index (χ2v) is 9.72. The van der Waals surface area contributed by atoms with Crippen LogP contribution in [-0.2, 0) is 30.8 Å². The van der Waals surface area contributed by atoms with Crippen LogP contribution in [0.2, 0.25) is 0 Å². The molecule has 0 unspecified atom stereocenters. The van der Waals surface area contributed by atoms with Gasteiger partial charge in [-0.2, -0.15) is 10.2 Å². The molecule has 0 radical (unpaired) electrons. The summed E-state index contributed by atoms with van der Waals surface area (Å²) in [6, 6.07) is 11.3. The van der Waals surface area contributed by atoms with Gasteiger partial charge in [-0.1, -0.05) is 12.1 Å². The Morgan fingerprint density at radius 1 is 1.14 bits per heavy atom. The Morgan fingerprint density at radius 3 is 2.89 bits per heavy atom. The Labute approximate surface area is 209 Å². The maximum absolute atomic E-state index is 14.5. The van der Waals surface area contributed by atoms with Crippen molar-refractivity contribution in [1.82, 2.24) is 20.0 Å². The molecule has 7 nitrogen and oxygen atoms in total. The Hall–Kier alpha value is -3.65. The Balaban J connectivity index is 1.22. The molecule has 3 aliphatic rings. The number of hydrogen-bond acceptors (Lipinski definition) is 6. The first kappa shape index (κ1) is 22.8. The molecule has 0 aliphatic carbocycles. The molecule has 2 aromatic carbocycles. The van der Waals surface area contributed by atoms with E-state index in [1.54, 1.807) is 31.6 Å². The van der Waals surface area contributed by atoms with E-state index in [-0.39, 0.29) is 17.8 Å². The molecule has 3 aliphatic heterocycles. The van der Waals surface area contributed by atoms with Gasteiger partial charge in [-0.15, -0.1) is 0 Å². The zero-order valence-corrected chi connectivity index (χ0v) is 20.3. The van der Waals surface area contributed by atoms with Crippen molar-refractivity contribution in [2.75, 3.05) is 20.2 Å². The van der Waals surface area contributed by atoms with E-state index in [0.29, 0.717) is 37.4 Å². The van der Waals surface area contributed by atoms with Gasteiger partial charge in [0.05, 0.1) is 38.2 Å². The minimum Gasteiger partial charge on any atom is -0.496 e. The third kappa shape index (κ3) is 4.15. The Morgan fingerprint density at radius 2 is 2.06 bits per heavy atom. The molecule has 1 atom stereocenters. The van der Waals surface area contributed by atoms with Crippen LogP contribution in [0.1, 0.15) is 46.2 Å². The molecule has 6 rings (SSSR count). The first-order valence-electron chi connectivity index (χ1n) is 12.4. The fourth-order valence-electron chi connectivity index (χ4n) is 5.74. The number of methoxy groups -OCH3 is 1. The standard InChI is InChI=1S/C28H28FN5O2/c1-36-26-6-2-5-25(29)24(26)17-33-9-3-4-22(16-33)34-15-21-11-23-20(10-19(21)12-27(34)35)13-30-28(23)18-7-8-31-32-14-18/h2,5-8,10-11,14,22H,3-4,9,12-13,15-17H2,1H3/t22-/m1/s1. The molecule has 1 aromatic heterocycles. The first-order valence-corrected chi connectivity index (χ1v) is 12.4. The molecule has 0 bridgehead atoms. The third-order valence-electron chi connectivity index (χ3n) is 7.55. The highest BCUT2D eigenvalue weighted by Gasteiger charge is 2.34. The lowest BCUT2D eigenvalue weighted by Crippen LogP contribution is -2.51. The fraction of sp³-hybridized carbons (Fsp3) is 0.357. The Bertz CT molecular complexity index is 1340. The molecule has 1 amide bonds. The van der Waals surface area contributed by atoms with Crippen LogP contribution in [0.4, 0.5) is 4.39 Å². The first-order chi connectivity index (χ1) is 17.6. The Kier molecular flexibility index (Phi) is 5.97. The van der Waals surface area contributed by atoms with Crippen molar-refractivity contribution >= 4 is 11.6 Å². The van der Waals surface area contributed by atoms with Crippen LogP contribution in [0.25, 0.3) is 0 Å². The summed E-state index contributed by atoms with van der Waals surface area (Å²) >= 11 is 0. The monoisotopic (exact) mass is 485 g/mol. The van der Waals surface area contributed by atoms with Gasteiger partial charge < -0.3 is 9.64 Å². The van der Waals surface area contributed by atoms with Gasteiger partial charge in [-0.05, 0) is 60.3 Å². The number of piperidine rings is 1. The summed E-state index contributed by atoms with van der Waals surface area (Å²) in [4.78, 5) is 22.3. The maximum atomic E-state index is 14.5. The van der Waals surface area contributed by atoms with Gasteiger partial charge >= 0.3 is 0 Å². The predicted molar refractivity (Wildman–Crippen MR) is 133 cm³/mol. The topological polar surface area (TPSA) is 70.9 Å². The number of fused-ring (bicyclic) bond motifs is 2. The molecule has 8 heteroatoms. The maximum Gasteiger partial charge on any atom is 0.227 e. The summed E-state index contributed by atoms with van der Waals surface area (Å²) in [5.74, 6) is 0.473. The highest BCUT2D eigenvalue weighted by molar-refractivity contribution is 6.15. The number of ether oxygens (including phenoxy) is 1. The van der Waals surface area contributed by atoms with Crippen molar-refractivity contribution < 1.29 is 13.9 Å². The van der Waals surface area contributed by atoms with E-state index in [9.17, 15) is 9.18 Å². The lowest BCUT2D eigenvalue weighted by molar-refractivity contribution is -0.135. The molecule has 0 N–H and O–H groups in total. The molecule has 1 saturated heterocycles. The number of carbonyl (C=O) groups is 1. The smallest absolute Gasteiger partial charge is 0.227 e. The minimum atomic E-state index is -0.254. The molecular formula is C28H28FN5O2. The average molecular weight is 486 g/mol. The number of halogens is 1. The summed E-state index contributed by atoms with van der Waals surface area (Å²) in [6.07, 6.45) is 5.75. The van der Waals surface area contributed by atoms with Gasteiger partial charge in [0.1, 0.15) is 11.6 Å². The summed E-state index contributed by atoms with van der Waals surface area (Å²) < 4.78 is 19.9. The van der Waals surface area contributed by atoms with Crippen LogP contribution >= 0.6 is 0 Å². The zero-order chi connectivity index (χ0) is 24.6. The summed E-state index contributed by atoms with van der Waals surface area (Å²) in [5, 5.41) is 7.89. The number of carbonyl (C=O) groups excluding carboxylic acids is 1. The number of likely N-dealkylation sites (tertiary alicyclic amines) is 1. The largest absolute Gasteiger partial charge is 0.496 e. The molecule has 0 saturated carbocycles. The van der Waals surface area contributed by atoms with Crippen LogP contribution in [0.15, 0.2) is 53.8 Å². The van der Waals surface area contributed by atoms with Gasteiger partial charge in [0.2, 0.25) is 5.91 Å². The summed E-state index contributed by atoms with van der Waals surface area (Å²) in [5.41, 5.74) is 7.02. The highest BCUT2D eigenvalue weighted by Crippen LogP contribution is 2.32. The fourth-order valence-corrected chi connectivity index (χ4v) is 5.74. The van der Waals surface area contributed by atoms with Crippen LogP contribution in [-0.4, -0.2) is 57.9 Å². The normalized spacial score (nSPS) is 19.6. The van der Waals surface area contributed by atoms with Gasteiger partial charge in [0.15, 0.2) is 0 Å². The van der Waals surface area contributed by atoms with Crippen molar-refractivity contribution in [2.45, 2.75) is 44.9 Å². The molecule has 3 aromatic rings. The summed E-state index contributed by atoms with van der Waals surface area (Å²) in [6.45, 7) is 3.27. The number of benzene rings is 2. The predicted octanol–water partition coefficient (Wildman–Crippen LogP) is 3.52. The van der Waals surface area contributed by atoms with Crippen molar-refractivity contribution in [3.63, 3.8) is 0 Å². The molecule has 0 spiro atoms. The van der Waals surface area contributed by atoms with Crippen LogP contribution in [0, 0.1) is 5.82 Å². The second kappa shape index (κ2) is 9.43. The lowest BCUT2D eigenvalue weighted by Gasteiger charge is -2.41. The van der Waals surface area contributed by atoms with Gasteiger partial charge in [0.25, 0.3) is 0 Å². The minimum absolute atomic E-state index is 0.1000. The van der Waals surface area contributed by atoms with Crippen LogP contribution < -0.4 is 4.74 Å². The van der Waals surface area contributed by atoms with E-state index in [0.717, 1.165) is 53.9 Å². The van der Waals surface area contributed by atoms with E-state index in [1.165, 1.54) is 11.6 Å². The van der Waals surface area contributed by atoms with Crippen LogP contribution in [0.3, 0.4) is 0 Å². The lowest BCUT2D eigenvalue weighted by atomic mass is 9.90. The van der Waals surface area contributed by atoms with Crippen molar-refractivity contribution in [2.24, 2.45) is 4.99 Å². The molecule has 184 valence electrons. The van der Waals surface area contributed by atoms with E-state index in [4.69, 9.17) is 9.73 Å². The quantitative estimate of drug-likeness (QED) is 0.553. The molecule has 4 heterocycles. The van der Waals surface area contributed by atoms with Gasteiger partial charge in [-0.25, -0.2) is 4.39 Å². The van der Waals surface area contributed by atoms with Gasteiger partial charge in [-0.3, -0.25) is 14.7 Å². The number of aromatic nitrogens is 2. The number of amides is 1. The number of rotatable bonds is 5. The third-order valence-corrected chi connectivity index (χ3v) is 7.55. The number of hydrogen-bond donors (Lipinski definition) is 0. The molecule has 36 heavy (non-hydrogen) atoms. The van der Waals surface area contributed by atoms with Gasteiger partial charge in [0, 0.05) is 42.4 Å².